The molecule has 1 aromatic rings. The van der Waals surface area contributed by atoms with Crippen LogP contribution in [0.25, 0.3) is 0 Å². The van der Waals surface area contributed by atoms with Gasteiger partial charge in [-0.05, 0) is 31.0 Å². The lowest BCUT2D eigenvalue weighted by Crippen LogP contribution is -2.26. The number of rotatable bonds is 5. The largest absolute Gasteiger partial charge is 0.495 e. The van der Waals surface area contributed by atoms with E-state index in [1.54, 1.807) is 0 Å². The molecule has 1 aliphatic rings. The molecule has 0 bridgehead atoms. The third-order valence-electron chi connectivity index (χ3n) is 2.77. The van der Waals surface area contributed by atoms with Crippen LogP contribution in [0.3, 0.4) is 0 Å². The fourth-order valence-electron chi connectivity index (χ4n) is 1.62. The second kappa shape index (κ2) is 5.18. The molecule has 2 rings (SSSR count). The number of ether oxygens (including phenoxy) is 2. The molecule has 1 fully saturated rings. The summed E-state index contributed by atoms with van der Waals surface area (Å²) < 4.78 is 36.5. The Labute approximate surface area is 111 Å². The molecule has 0 heterocycles. The van der Waals surface area contributed by atoms with Gasteiger partial charge in [0, 0.05) is 6.04 Å². The van der Waals surface area contributed by atoms with Crippen molar-refractivity contribution in [2.75, 3.05) is 14.2 Å². The van der Waals surface area contributed by atoms with E-state index in [0.717, 1.165) is 12.8 Å². The zero-order chi connectivity index (χ0) is 14.0. The van der Waals surface area contributed by atoms with E-state index >= 15 is 0 Å². The molecular weight excluding hydrogens is 270 g/mol. The highest BCUT2D eigenvalue weighted by atomic mass is 32.2. The fourth-order valence-corrected chi connectivity index (χ4v) is 3.12. The normalized spacial score (nSPS) is 15.1. The summed E-state index contributed by atoms with van der Waals surface area (Å²) >= 11 is 0. The lowest BCUT2D eigenvalue weighted by molar-refractivity contribution is 0.0600. The lowest BCUT2D eigenvalue weighted by atomic mass is 10.2. The van der Waals surface area contributed by atoms with Gasteiger partial charge in [-0.2, -0.15) is 0 Å². The molecule has 0 aromatic heterocycles. The Morgan fingerprint density at radius 2 is 2.00 bits per heavy atom. The summed E-state index contributed by atoms with van der Waals surface area (Å²) in [5.41, 5.74) is 0.166. The number of nitrogens with one attached hydrogen (secondary N) is 1. The number of sulfonamides is 1. The molecule has 0 spiro atoms. The van der Waals surface area contributed by atoms with Crippen LogP contribution in [0.4, 0.5) is 0 Å². The second-order valence-corrected chi connectivity index (χ2v) is 5.94. The van der Waals surface area contributed by atoms with Gasteiger partial charge < -0.3 is 9.47 Å². The summed E-state index contributed by atoms with van der Waals surface area (Å²) in [6.07, 6.45) is 1.66. The van der Waals surface area contributed by atoms with Crippen LogP contribution in [-0.2, 0) is 14.8 Å². The van der Waals surface area contributed by atoms with Crippen LogP contribution in [0.2, 0.25) is 0 Å². The molecule has 0 unspecified atom stereocenters. The summed E-state index contributed by atoms with van der Waals surface area (Å²) in [4.78, 5) is 11.4. The van der Waals surface area contributed by atoms with E-state index in [-0.39, 0.29) is 22.3 Å². The molecule has 0 radical (unpaired) electrons. The first-order valence-electron chi connectivity index (χ1n) is 5.76. The lowest BCUT2D eigenvalue weighted by Gasteiger charge is -2.11. The summed E-state index contributed by atoms with van der Waals surface area (Å²) in [6.45, 7) is 0. The standard InChI is InChI=1S/C12H15NO5S/c1-17-10-6-3-8(12(14)18-2)7-11(10)19(15,16)13-9-4-5-9/h3,6-7,9,13H,4-5H2,1-2H3. The molecule has 1 aliphatic carbocycles. The molecule has 104 valence electrons. The molecular formula is C12H15NO5S. The minimum Gasteiger partial charge on any atom is -0.495 e. The number of benzene rings is 1. The molecule has 0 amide bonds. The van der Waals surface area contributed by atoms with Gasteiger partial charge in [0.15, 0.2) is 0 Å². The number of methoxy groups -OCH3 is 2. The molecule has 1 saturated carbocycles. The monoisotopic (exact) mass is 285 g/mol. The number of carbonyl (C=O) groups is 1. The van der Waals surface area contributed by atoms with Crippen molar-refractivity contribution >= 4 is 16.0 Å². The highest BCUT2D eigenvalue weighted by Crippen LogP contribution is 2.28. The first kappa shape index (κ1) is 13.8. The Morgan fingerprint density at radius 3 is 2.53 bits per heavy atom. The van der Waals surface area contributed by atoms with Crippen molar-refractivity contribution in [2.24, 2.45) is 0 Å². The molecule has 7 heteroatoms. The minimum absolute atomic E-state index is 0.0171. The van der Waals surface area contributed by atoms with Crippen molar-refractivity contribution in [1.29, 1.82) is 0 Å². The van der Waals surface area contributed by atoms with Gasteiger partial charge >= 0.3 is 5.97 Å². The third kappa shape index (κ3) is 3.05. The quantitative estimate of drug-likeness (QED) is 0.814. The van der Waals surface area contributed by atoms with Crippen molar-refractivity contribution in [3.8, 4) is 5.75 Å². The Morgan fingerprint density at radius 1 is 1.32 bits per heavy atom. The van der Waals surface area contributed by atoms with Crippen LogP contribution >= 0.6 is 0 Å². The maximum Gasteiger partial charge on any atom is 0.337 e. The molecule has 1 aromatic carbocycles. The number of hydrogen-bond donors (Lipinski definition) is 1. The Bertz CT molecular complexity index is 592. The van der Waals surface area contributed by atoms with Gasteiger partial charge in [-0.25, -0.2) is 17.9 Å². The molecule has 6 nitrogen and oxygen atoms in total. The van der Waals surface area contributed by atoms with Crippen LogP contribution < -0.4 is 9.46 Å². The van der Waals surface area contributed by atoms with E-state index in [2.05, 4.69) is 9.46 Å². The van der Waals surface area contributed by atoms with Gasteiger partial charge in [-0.15, -0.1) is 0 Å². The summed E-state index contributed by atoms with van der Waals surface area (Å²) in [5, 5.41) is 0. The van der Waals surface area contributed by atoms with E-state index in [4.69, 9.17) is 4.74 Å². The Kier molecular flexibility index (Phi) is 3.77. The van der Waals surface area contributed by atoms with Crippen molar-refractivity contribution in [3.05, 3.63) is 23.8 Å². The van der Waals surface area contributed by atoms with Gasteiger partial charge in [0.25, 0.3) is 0 Å². The molecule has 0 aliphatic heterocycles. The highest BCUT2D eigenvalue weighted by molar-refractivity contribution is 7.89. The summed E-state index contributed by atoms with van der Waals surface area (Å²) in [6, 6.07) is 4.14. The second-order valence-electron chi connectivity index (χ2n) is 4.25. The van der Waals surface area contributed by atoms with Gasteiger partial charge in [-0.1, -0.05) is 0 Å². The van der Waals surface area contributed by atoms with Crippen LogP contribution in [0.15, 0.2) is 23.1 Å². The molecule has 0 atom stereocenters. The van der Waals surface area contributed by atoms with Gasteiger partial charge in [0.2, 0.25) is 10.0 Å². The van der Waals surface area contributed by atoms with E-state index in [0.29, 0.717) is 0 Å². The zero-order valence-corrected chi connectivity index (χ0v) is 11.5. The first-order valence-corrected chi connectivity index (χ1v) is 7.25. The maximum absolute atomic E-state index is 12.2. The molecule has 19 heavy (non-hydrogen) atoms. The van der Waals surface area contributed by atoms with E-state index < -0.39 is 16.0 Å². The molecule has 1 N–H and O–H groups in total. The average molecular weight is 285 g/mol. The maximum atomic E-state index is 12.2. The predicted molar refractivity (Wildman–Crippen MR) is 67.7 cm³/mol. The van der Waals surface area contributed by atoms with Crippen molar-refractivity contribution in [3.63, 3.8) is 0 Å². The first-order chi connectivity index (χ1) is 8.97. The third-order valence-corrected chi connectivity index (χ3v) is 4.32. The Hall–Kier alpha value is -1.60. The van der Waals surface area contributed by atoms with E-state index in [9.17, 15) is 13.2 Å². The number of carbonyl (C=O) groups excluding carboxylic acids is 1. The van der Waals surface area contributed by atoms with Crippen LogP contribution in [-0.4, -0.2) is 34.6 Å². The van der Waals surface area contributed by atoms with Crippen molar-refractivity contribution in [2.45, 2.75) is 23.8 Å². The van der Waals surface area contributed by atoms with E-state index in [1.165, 1.54) is 32.4 Å². The zero-order valence-electron chi connectivity index (χ0n) is 10.7. The summed E-state index contributed by atoms with van der Waals surface area (Å²) in [5.74, 6) is -0.397. The van der Waals surface area contributed by atoms with Crippen LogP contribution in [0.5, 0.6) is 5.75 Å². The van der Waals surface area contributed by atoms with Crippen LogP contribution in [0, 0.1) is 0 Å². The number of esters is 1. The number of hydrogen-bond acceptors (Lipinski definition) is 5. The van der Waals surface area contributed by atoms with Gasteiger partial charge in [-0.3, -0.25) is 0 Å². The summed E-state index contributed by atoms with van der Waals surface area (Å²) in [7, 11) is -1.07. The van der Waals surface area contributed by atoms with Crippen molar-refractivity contribution in [1.82, 2.24) is 4.72 Å². The van der Waals surface area contributed by atoms with Gasteiger partial charge in [0.1, 0.15) is 10.6 Å². The van der Waals surface area contributed by atoms with E-state index in [1.807, 2.05) is 0 Å². The minimum atomic E-state index is -3.69. The Balaban J connectivity index is 2.43. The van der Waals surface area contributed by atoms with Crippen molar-refractivity contribution < 1.29 is 22.7 Å². The average Bonchev–Trinajstić information content (AvgIpc) is 3.20. The fraction of sp³-hybridized carbons (Fsp3) is 0.417. The van der Waals surface area contributed by atoms with Crippen LogP contribution in [0.1, 0.15) is 23.2 Å². The van der Waals surface area contributed by atoms with Gasteiger partial charge in [0.05, 0.1) is 19.8 Å². The smallest absolute Gasteiger partial charge is 0.337 e. The highest BCUT2D eigenvalue weighted by Gasteiger charge is 2.30. The molecule has 0 saturated heterocycles. The SMILES string of the molecule is COC(=O)c1ccc(OC)c(S(=O)(=O)NC2CC2)c1. The predicted octanol–water partition coefficient (Wildman–Crippen LogP) is 0.922. The topological polar surface area (TPSA) is 81.7 Å².